The molecule has 0 aliphatic heterocycles. The topological polar surface area (TPSA) is 90.4 Å². The van der Waals surface area contributed by atoms with Crippen molar-refractivity contribution >= 4 is 11.7 Å². The third-order valence-electron chi connectivity index (χ3n) is 4.32. The van der Waals surface area contributed by atoms with Crippen LogP contribution in [0.3, 0.4) is 0 Å². The molecule has 0 bridgehead atoms. The van der Waals surface area contributed by atoms with E-state index in [2.05, 4.69) is 20.0 Å². The van der Waals surface area contributed by atoms with E-state index in [1.54, 1.807) is 32.9 Å². The summed E-state index contributed by atoms with van der Waals surface area (Å²) in [5.74, 6) is -0.650. The molecule has 0 saturated heterocycles. The van der Waals surface area contributed by atoms with Crippen LogP contribution in [0.2, 0.25) is 0 Å². The summed E-state index contributed by atoms with van der Waals surface area (Å²) in [5, 5.41) is 2.79. The van der Waals surface area contributed by atoms with E-state index in [0.29, 0.717) is 28.9 Å². The Hall–Kier alpha value is -3.17. The minimum atomic E-state index is -4.50. The zero-order valence-corrected chi connectivity index (χ0v) is 17.7. The summed E-state index contributed by atoms with van der Waals surface area (Å²) in [7, 11) is 1.28. The Balaban J connectivity index is 2.14. The zero-order valence-electron chi connectivity index (χ0n) is 17.7. The number of alkyl halides is 3. The van der Waals surface area contributed by atoms with E-state index >= 15 is 0 Å². The number of aromatic nitrogens is 2. The van der Waals surface area contributed by atoms with Crippen molar-refractivity contribution in [2.24, 2.45) is 0 Å². The van der Waals surface area contributed by atoms with Gasteiger partial charge in [-0.25, -0.2) is 4.98 Å². The standard InChI is InChI=1S/C21H24F3N3O4/c1-5-17(28)9-16-7-14(6-12(2)26-16)19(29)27-13(3)15-8-18(30-4)20(25-10-15)31-11-21(22,23)24/h6-8,10,13H,5,9,11H2,1-4H3,(H,27,29). The highest BCUT2D eigenvalue weighted by Crippen LogP contribution is 2.29. The van der Waals surface area contributed by atoms with Gasteiger partial charge in [-0.05, 0) is 37.6 Å². The molecule has 1 unspecified atom stereocenters. The number of halogens is 3. The van der Waals surface area contributed by atoms with E-state index in [-0.39, 0.29) is 29.7 Å². The van der Waals surface area contributed by atoms with Crippen LogP contribution in [0, 0.1) is 6.92 Å². The fourth-order valence-corrected chi connectivity index (χ4v) is 2.74. The van der Waals surface area contributed by atoms with Crippen LogP contribution in [0.25, 0.3) is 0 Å². The minimum Gasteiger partial charge on any atom is -0.491 e. The number of hydrogen-bond donors (Lipinski definition) is 1. The van der Waals surface area contributed by atoms with Crippen molar-refractivity contribution in [2.75, 3.05) is 13.7 Å². The lowest BCUT2D eigenvalue weighted by Gasteiger charge is -2.17. The molecule has 0 spiro atoms. The second-order valence-electron chi connectivity index (χ2n) is 6.93. The van der Waals surface area contributed by atoms with E-state index in [9.17, 15) is 22.8 Å². The molecule has 7 nitrogen and oxygen atoms in total. The van der Waals surface area contributed by atoms with Crippen molar-refractivity contribution in [1.82, 2.24) is 15.3 Å². The quantitative estimate of drug-likeness (QED) is 0.640. The highest BCUT2D eigenvalue weighted by molar-refractivity contribution is 5.95. The number of aryl methyl sites for hydroxylation is 1. The van der Waals surface area contributed by atoms with E-state index in [1.165, 1.54) is 19.4 Å². The number of carbonyl (C=O) groups excluding carboxylic acids is 2. The van der Waals surface area contributed by atoms with Crippen LogP contribution in [0.5, 0.6) is 11.6 Å². The fraction of sp³-hybridized carbons (Fsp3) is 0.429. The molecule has 0 saturated carbocycles. The Morgan fingerprint density at radius 1 is 1.23 bits per heavy atom. The molecule has 0 aliphatic carbocycles. The lowest BCUT2D eigenvalue weighted by molar-refractivity contribution is -0.154. The Kier molecular flexibility index (Phi) is 7.95. The lowest BCUT2D eigenvalue weighted by Crippen LogP contribution is -2.27. The Morgan fingerprint density at radius 2 is 1.94 bits per heavy atom. The van der Waals surface area contributed by atoms with Gasteiger partial charge >= 0.3 is 6.18 Å². The summed E-state index contributed by atoms with van der Waals surface area (Å²) in [6, 6.07) is 4.09. The maximum absolute atomic E-state index is 12.7. The van der Waals surface area contributed by atoms with Gasteiger partial charge in [0.1, 0.15) is 5.78 Å². The third-order valence-corrected chi connectivity index (χ3v) is 4.32. The first kappa shape index (κ1) is 24.1. The first-order chi connectivity index (χ1) is 14.5. The molecule has 0 fully saturated rings. The highest BCUT2D eigenvalue weighted by atomic mass is 19.4. The molecule has 168 valence electrons. The average Bonchev–Trinajstić information content (AvgIpc) is 2.70. The zero-order chi connectivity index (χ0) is 23.2. The summed E-state index contributed by atoms with van der Waals surface area (Å²) in [6.45, 7) is 3.69. The summed E-state index contributed by atoms with van der Waals surface area (Å²) < 4.78 is 46.8. The van der Waals surface area contributed by atoms with Crippen molar-refractivity contribution < 1.29 is 32.2 Å². The van der Waals surface area contributed by atoms with Crippen LogP contribution in [0.4, 0.5) is 13.2 Å². The Bertz CT molecular complexity index is 948. The average molecular weight is 439 g/mol. The molecule has 0 radical (unpaired) electrons. The predicted octanol–water partition coefficient (Wildman–Crippen LogP) is 3.75. The van der Waals surface area contributed by atoms with Crippen molar-refractivity contribution in [3.63, 3.8) is 0 Å². The maximum Gasteiger partial charge on any atom is 0.422 e. The lowest BCUT2D eigenvalue weighted by atomic mass is 10.1. The molecule has 2 rings (SSSR count). The third kappa shape index (κ3) is 7.23. The second-order valence-corrected chi connectivity index (χ2v) is 6.93. The second kappa shape index (κ2) is 10.2. The molecule has 0 aromatic carbocycles. The van der Waals surface area contributed by atoms with E-state index in [4.69, 9.17) is 4.74 Å². The van der Waals surface area contributed by atoms with Gasteiger partial charge in [0.05, 0.1) is 13.2 Å². The molecule has 2 aromatic rings. The van der Waals surface area contributed by atoms with Gasteiger partial charge in [-0.2, -0.15) is 13.2 Å². The summed E-state index contributed by atoms with van der Waals surface area (Å²) in [6.07, 6.45) is -2.67. The number of Topliss-reactive ketones (excluding diaryl/α,β-unsaturated/α-hetero) is 1. The molecular weight excluding hydrogens is 415 g/mol. The van der Waals surface area contributed by atoms with E-state index in [1.807, 2.05) is 0 Å². The first-order valence-electron chi connectivity index (χ1n) is 9.56. The number of pyridine rings is 2. The van der Waals surface area contributed by atoms with Gasteiger partial charge in [-0.1, -0.05) is 6.92 Å². The normalized spacial score (nSPS) is 12.2. The highest BCUT2D eigenvalue weighted by Gasteiger charge is 2.29. The van der Waals surface area contributed by atoms with Crippen molar-refractivity contribution in [2.45, 2.75) is 45.8 Å². The Morgan fingerprint density at radius 3 is 2.55 bits per heavy atom. The number of ether oxygens (including phenoxy) is 2. The van der Waals surface area contributed by atoms with Gasteiger partial charge in [-0.3, -0.25) is 14.6 Å². The van der Waals surface area contributed by atoms with Crippen molar-refractivity contribution in [1.29, 1.82) is 0 Å². The maximum atomic E-state index is 12.7. The Labute approximate surface area is 178 Å². The number of hydrogen-bond acceptors (Lipinski definition) is 6. The first-order valence-corrected chi connectivity index (χ1v) is 9.56. The summed E-state index contributed by atoms with van der Waals surface area (Å²) in [5.41, 5.74) is 1.98. The summed E-state index contributed by atoms with van der Waals surface area (Å²) in [4.78, 5) is 32.6. The van der Waals surface area contributed by atoms with Gasteiger partial charge < -0.3 is 14.8 Å². The molecule has 1 atom stereocenters. The monoisotopic (exact) mass is 439 g/mol. The SMILES string of the molecule is CCC(=O)Cc1cc(C(=O)NC(C)c2cnc(OCC(F)(F)F)c(OC)c2)cc(C)n1. The fourth-order valence-electron chi connectivity index (χ4n) is 2.74. The minimum absolute atomic E-state index is 0.0166. The van der Waals surface area contributed by atoms with Crippen molar-refractivity contribution in [3.8, 4) is 11.6 Å². The molecule has 2 heterocycles. The van der Waals surface area contributed by atoms with Crippen molar-refractivity contribution in [3.05, 3.63) is 46.9 Å². The number of nitrogens with zero attached hydrogens (tertiary/aromatic N) is 2. The van der Waals surface area contributed by atoms with Crippen LogP contribution in [0.1, 0.15) is 53.6 Å². The van der Waals surface area contributed by atoms with Gasteiger partial charge in [0, 0.05) is 36.0 Å². The molecule has 2 aromatic heterocycles. The molecule has 1 N–H and O–H groups in total. The van der Waals surface area contributed by atoms with Crippen LogP contribution < -0.4 is 14.8 Å². The molecule has 10 heteroatoms. The smallest absolute Gasteiger partial charge is 0.422 e. The molecular formula is C21H24F3N3O4. The predicted molar refractivity (Wildman–Crippen MR) is 106 cm³/mol. The molecule has 31 heavy (non-hydrogen) atoms. The van der Waals surface area contributed by atoms with E-state index in [0.717, 1.165) is 0 Å². The van der Waals surface area contributed by atoms with Gasteiger partial charge in [0.2, 0.25) is 0 Å². The summed E-state index contributed by atoms with van der Waals surface area (Å²) >= 11 is 0. The number of rotatable bonds is 9. The van der Waals surface area contributed by atoms with Crippen LogP contribution in [0.15, 0.2) is 24.4 Å². The number of ketones is 1. The number of nitrogens with one attached hydrogen (secondary N) is 1. The van der Waals surface area contributed by atoms with E-state index < -0.39 is 18.8 Å². The largest absolute Gasteiger partial charge is 0.491 e. The van der Waals surface area contributed by atoms with Gasteiger partial charge in [0.25, 0.3) is 11.8 Å². The number of methoxy groups -OCH3 is 1. The number of carbonyl (C=O) groups is 2. The number of amides is 1. The van der Waals surface area contributed by atoms with Gasteiger partial charge in [0.15, 0.2) is 12.4 Å². The van der Waals surface area contributed by atoms with Crippen LogP contribution in [-0.4, -0.2) is 41.6 Å². The molecule has 1 amide bonds. The van der Waals surface area contributed by atoms with Crippen LogP contribution in [-0.2, 0) is 11.2 Å². The molecule has 0 aliphatic rings. The van der Waals surface area contributed by atoms with Gasteiger partial charge in [-0.15, -0.1) is 0 Å². The van der Waals surface area contributed by atoms with Crippen LogP contribution >= 0.6 is 0 Å².